The number of rotatable bonds is 5. The van der Waals surface area contributed by atoms with Gasteiger partial charge in [0.1, 0.15) is 5.82 Å². The van der Waals surface area contributed by atoms with Crippen LogP contribution in [0.15, 0.2) is 64.1 Å². The minimum atomic E-state index is -0.505. The second kappa shape index (κ2) is 8.41. The summed E-state index contributed by atoms with van der Waals surface area (Å²) < 4.78 is 20.3. The first-order valence-corrected chi connectivity index (χ1v) is 10.9. The van der Waals surface area contributed by atoms with E-state index in [4.69, 9.17) is 4.52 Å². The molecule has 3 aromatic rings. The van der Waals surface area contributed by atoms with E-state index >= 15 is 0 Å². The average molecular weight is 410 g/mol. The second-order valence-corrected chi connectivity index (χ2v) is 8.85. The summed E-state index contributed by atoms with van der Waals surface area (Å²) in [6.07, 6.45) is 1.82. The van der Waals surface area contributed by atoms with E-state index in [2.05, 4.69) is 15.0 Å². The van der Waals surface area contributed by atoms with Gasteiger partial charge >= 0.3 is 0 Å². The van der Waals surface area contributed by atoms with Gasteiger partial charge in [0.15, 0.2) is 0 Å². The average Bonchev–Trinajstić information content (AvgIpc) is 3.23. The van der Waals surface area contributed by atoms with Crippen molar-refractivity contribution in [1.82, 2.24) is 10.1 Å². The predicted octanol–water partition coefficient (Wildman–Crippen LogP) is 5.52. The fraction of sp³-hybridized carbons (Fsp3) is 0.304. The normalized spacial score (nSPS) is 15.2. The molecule has 6 heteroatoms. The lowest BCUT2D eigenvalue weighted by molar-refractivity contribution is 0.405. The van der Waals surface area contributed by atoms with Crippen molar-refractivity contribution in [3.8, 4) is 11.1 Å². The Morgan fingerprint density at radius 3 is 2.59 bits per heavy atom. The van der Waals surface area contributed by atoms with E-state index in [0.29, 0.717) is 11.4 Å². The van der Waals surface area contributed by atoms with Gasteiger partial charge in [-0.2, -0.15) is 11.8 Å². The molecular formula is C23H24FN3OS. The van der Waals surface area contributed by atoms with Crippen molar-refractivity contribution in [2.24, 2.45) is 4.99 Å². The molecule has 0 unspecified atom stereocenters. The molecule has 1 fully saturated rings. The molecule has 0 saturated carbocycles. The molecular weight excluding hydrogens is 385 g/mol. The van der Waals surface area contributed by atoms with Crippen LogP contribution in [-0.2, 0) is 5.41 Å². The lowest BCUT2D eigenvalue weighted by Gasteiger charge is -2.23. The summed E-state index contributed by atoms with van der Waals surface area (Å²) in [5.74, 6) is 2.45. The molecule has 1 aromatic heterocycles. The third-order valence-corrected chi connectivity index (χ3v) is 6.25. The van der Waals surface area contributed by atoms with E-state index in [1.54, 1.807) is 6.07 Å². The van der Waals surface area contributed by atoms with Crippen LogP contribution in [0.1, 0.15) is 25.1 Å². The predicted molar refractivity (Wildman–Crippen MR) is 118 cm³/mol. The van der Waals surface area contributed by atoms with Gasteiger partial charge in [-0.15, -0.1) is 0 Å². The van der Waals surface area contributed by atoms with E-state index in [1.807, 2.05) is 80.5 Å². The fourth-order valence-corrected chi connectivity index (χ4v) is 4.29. The third kappa shape index (κ3) is 4.37. The molecule has 0 aliphatic carbocycles. The van der Waals surface area contributed by atoms with Gasteiger partial charge in [-0.25, -0.2) is 9.38 Å². The number of hydrogen-bond acceptors (Lipinski definition) is 4. The molecule has 2 aromatic carbocycles. The lowest BCUT2D eigenvalue weighted by Crippen LogP contribution is -2.31. The van der Waals surface area contributed by atoms with Crippen LogP contribution in [0.2, 0.25) is 0 Å². The zero-order valence-corrected chi connectivity index (χ0v) is 17.5. The summed E-state index contributed by atoms with van der Waals surface area (Å²) in [4.78, 5) is 6.60. The van der Waals surface area contributed by atoms with Gasteiger partial charge in [-0.05, 0) is 17.2 Å². The van der Waals surface area contributed by atoms with Gasteiger partial charge in [0.25, 0.3) is 5.88 Å². The quantitative estimate of drug-likeness (QED) is 0.411. The van der Waals surface area contributed by atoms with Crippen molar-refractivity contribution in [2.75, 3.05) is 24.6 Å². The van der Waals surface area contributed by atoms with Crippen LogP contribution >= 0.6 is 11.8 Å². The van der Waals surface area contributed by atoms with E-state index in [-0.39, 0.29) is 5.82 Å². The molecule has 150 valence electrons. The molecule has 0 bridgehead atoms. The van der Waals surface area contributed by atoms with Gasteiger partial charge in [-0.3, -0.25) is 0 Å². The Morgan fingerprint density at radius 1 is 1.10 bits per heavy atom. The number of hydrogen-bond donors (Lipinski definition) is 0. The van der Waals surface area contributed by atoms with Crippen molar-refractivity contribution < 1.29 is 8.91 Å². The Hall–Kier alpha value is -2.60. The Kier molecular flexibility index (Phi) is 5.72. The van der Waals surface area contributed by atoms with Crippen molar-refractivity contribution in [2.45, 2.75) is 19.3 Å². The monoisotopic (exact) mass is 409 g/mol. The molecule has 4 rings (SSSR count). The molecule has 0 atom stereocenters. The zero-order chi connectivity index (χ0) is 20.3. The summed E-state index contributed by atoms with van der Waals surface area (Å²) >= 11 is 1.96. The van der Waals surface area contributed by atoms with Crippen molar-refractivity contribution >= 4 is 24.0 Å². The van der Waals surface area contributed by atoms with Crippen LogP contribution in [-0.4, -0.2) is 41.0 Å². The van der Waals surface area contributed by atoms with Gasteiger partial charge in [0.2, 0.25) is 0 Å². The Bertz CT molecular complexity index is 994. The van der Waals surface area contributed by atoms with Crippen LogP contribution in [0.25, 0.3) is 11.1 Å². The van der Waals surface area contributed by atoms with Crippen LogP contribution in [0, 0.1) is 5.82 Å². The molecule has 1 aliphatic heterocycles. The molecule has 1 aliphatic rings. The van der Waals surface area contributed by atoms with E-state index in [1.165, 1.54) is 0 Å². The van der Waals surface area contributed by atoms with E-state index < -0.39 is 5.41 Å². The summed E-state index contributed by atoms with van der Waals surface area (Å²) in [7, 11) is 0. The first-order chi connectivity index (χ1) is 14.0. The fourth-order valence-electron chi connectivity index (χ4n) is 3.36. The Labute approximate surface area is 174 Å². The van der Waals surface area contributed by atoms with Gasteiger partial charge < -0.3 is 9.42 Å². The minimum absolute atomic E-state index is 0.244. The molecule has 0 amide bonds. The molecule has 2 heterocycles. The van der Waals surface area contributed by atoms with E-state index in [9.17, 15) is 4.39 Å². The number of thioether (sulfide) groups is 1. The molecule has 0 spiro atoms. The molecule has 1 saturated heterocycles. The SMILES string of the molecule is CC(C)(c1ccc(-c2ccccc2)c(F)c1)c1cc(N=CN2CCSCC2)on1. The van der Waals surface area contributed by atoms with Gasteiger partial charge in [-0.1, -0.05) is 61.5 Å². The summed E-state index contributed by atoms with van der Waals surface area (Å²) in [6.45, 7) is 6.01. The second-order valence-electron chi connectivity index (χ2n) is 7.63. The number of nitrogens with zero attached hydrogens (tertiary/aromatic N) is 3. The van der Waals surface area contributed by atoms with Crippen molar-refractivity contribution in [3.05, 3.63) is 71.7 Å². The largest absolute Gasteiger partial charge is 0.361 e. The van der Waals surface area contributed by atoms with E-state index in [0.717, 1.165) is 41.4 Å². The smallest absolute Gasteiger partial charge is 0.252 e. The highest BCUT2D eigenvalue weighted by Gasteiger charge is 2.28. The Morgan fingerprint density at radius 2 is 1.86 bits per heavy atom. The maximum Gasteiger partial charge on any atom is 0.252 e. The maximum absolute atomic E-state index is 14.8. The van der Waals surface area contributed by atoms with Crippen LogP contribution in [0.5, 0.6) is 0 Å². The number of halogens is 1. The lowest BCUT2D eigenvalue weighted by atomic mass is 9.81. The Balaban J connectivity index is 1.54. The van der Waals surface area contributed by atoms with Gasteiger partial charge in [0.05, 0.1) is 12.0 Å². The molecule has 4 nitrogen and oxygen atoms in total. The molecule has 29 heavy (non-hydrogen) atoms. The van der Waals surface area contributed by atoms with Gasteiger partial charge in [0, 0.05) is 41.6 Å². The van der Waals surface area contributed by atoms with Crippen LogP contribution in [0.4, 0.5) is 10.3 Å². The zero-order valence-electron chi connectivity index (χ0n) is 16.6. The summed E-state index contributed by atoms with van der Waals surface area (Å²) in [6, 6.07) is 16.8. The molecule has 0 N–H and O–H groups in total. The highest BCUT2D eigenvalue weighted by atomic mass is 32.2. The first-order valence-electron chi connectivity index (χ1n) is 9.73. The highest BCUT2D eigenvalue weighted by Crippen LogP contribution is 2.35. The van der Waals surface area contributed by atoms with Crippen molar-refractivity contribution in [1.29, 1.82) is 0 Å². The molecule has 0 radical (unpaired) electrons. The topological polar surface area (TPSA) is 41.6 Å². The highest BCUT2D eigenvalue weighted by molar-refractivity contribution is 7.99. The van der Waals surface area contributed by atoms with Crippen molar-refractivity contribution in [3.63, 3.8) is 0 Å². The first kappa shape index (κ1) is 19.7. The summed E-state index contributed by atoms with van der Waals surface area (Å²) in [5, 5.41) is 4.20. The maximum atomic E-state index is 14.8. The number of aliphatic imine (C=N–C) groups is 1. The number of aromatic nitrogens is 1. The third-order valence-electron chi connectivity index (χ3n) is 5.31. The van der Waals surface area contributed by atoms with Crippen LogP contribution in [0.3, 0.4) is 0 Å². The number of benzene rings is 2. The standard InChI is InChI=1S/C23H24FN3OS/c1-23(2,18-8-9-19(20(24)14-18)17-6-4-3-5-7-17)21-15-22(28-26-21)25-16-27-10-12-29-13-11-27/h3-9,14-16H,10-13H2,1-2H3. The minimum Gasteiger partial charge on any atom is -0.361 e. The summed E-state index contributed by atoms with van der Waals surface area (Å²) in [5.41, 5.74) is 2.52. The van der Waals surface area contributed by atoms with Crippen LogP contribution < -0.4 is 0 Å².